The topological polar surface area (TPSA) is 8.17 Å². The van der Waals surface area contributed by atoms with Gasteiger partial charge in [-0.25, -0.2) is 0 Å². The van der Waals surface area contributed by atoms with E-state index in [2.05, 4.69) is 201 Å². The zero-order chi connectivity index (χ0) is 30.2. The third-order valence-corrected chi connectivity index (χ3v) is 9.30. The summed E-state index contributed by atoms with van der Waals surface area (Å²) in [5.41, 5.74) is 11.7. The van der Waals surface area contributed by atoms with Crippen LogP contribution in [0.15, 0.2) is 176 Å². The SMILES string of the molecule is [SeH]c1ccccc1-c1cccc(N(c2ccc3c(c2)c2ccccc2n3-c2ccccc2)c2ccccc2-c2ccccc2)c1. The molecular weight excluding hydrogens is 611 g/mol. The average Bonchev–Trinajstić information content (AvgIpc) is 3.44. The summed E-state index contributed by atoms with van der Waals surface area (Å²) in [5.74, 6) is 0. The fourth-order valence-electron chi connectivity index (χ4n) is 6.44. The molecule has 7 aromatic carbocycles. The van der Waals surface area contributed by atoms with E-state index in [1.54, 1.807) is 0 Å². The Labute approximate surface area is 271 Å². The monoisotopic (exact) mass is 642 g/mol. The van der Waals surface area contributed by atoms with E-state index in [0.29, 0.717) is 0 Å². The summed E-state index contributed by atoms with van der Waals surface area (Å²) < 4.78 is 3.57. The summed E-state index contributed by atoms with van der Waals surface area (Å²) in [6.45, 7) is 0. The molecule has 2 nitrogen and oxygen atoms in total. The van der Waals surface area contributed by atoms with Crippen LogP contribution < -0.4 is 9.36 Å². The quantitative estimate of drug-likeness (QED) is 0.164. The Morgan fingerprint density at radius 3 is 1.87 bits per heavy atom. The fraction of sp³-hybridized carbons (Fsp3) is 0. The zero-order valence-corrected chi connectivity index (χ0v) is 26.5. The molecule has 0 aliphatic carbocycles. The number of aromatic nitrogens is 1. The Balaban J connectivity index is 1.39. The van der Waals surface area contributed by atoms with Crippen LogP contribution in [0.5, 0.6) is 0 Å². The molecule has 3 heteroatoms. The Morgan fingerprint density at radius 2 is 1.04 bits per heavy atom. The first-order valence-electron chi connectivity index (χ1n) is 15.2. The molecule has 8 aromatic rings. The standard InChI is InChI=1S/C42H30N2Se/c45-42-25-12-9-21-36(42)31-16-13-19-33(28-31)43(39-23-10-7-20-35(39)30-14-3-1-4-15-30)34-26-27-41-38(29-34)37-22-8-11-24-40(37)44(41)32-17-5-2-6-18-32/h1-29,45H. The van der Waals surface area contributed by atoms with Crippen molar-refractivity contribution in [3.63, 3.8) is 0 Å². The molecule has 0 radical (unpaired) electrons. The number of fused-ring (bicyclic) bond motifs is 3. The van der Waals surface area contributed by atoms with E-state index in [1.807, 2.05) is 0 Å². The Hall–Kier alpha value is -5.34. The molecule has 0 saturated heterocycles. The van der Waals surface area contributed by atoms with Gasteiger partial charge in [-0.05, 0) is 12.1 Å². The first-order valence-corrected chi connectivity index (χ1v) is 16.1. The van der Waals surface area contributed by atoms with Crippen molar-refractivity contribution in [1.29, 1.82) is 0 Å². The van der Waals surface area contributed by atoms with Crippen LogP contribution in [0.1, 0.15) is 0 Å². The molecule has 0 unspecified atom stereocenters. The van der Waals surface area contributed by atoms with Gasteiger partial charge >= 0.3 is 236 Å². The summed E-state index contributed by atoms with van der Waals surface area (Å²) in [6.07, 6.45) is 0. The molecule has 0 atom stereocenters. The number of hydrogen-bond donors (Lipinski definition) is 0. The van der Waals surface area contributed by atoms with Crippen LogP contribution >= 0.6 is 0 Å². The summed E-state index contributed by atoms with van der Waals surface area (Å²) in [4.78, 5) is 2.41. The van der Waals surface area contributed by atoms with Crippen LogP contribution in [0.25, 0.3) is 49.7 Å². The number of benzene rings is 7. The molecule has 0 aliphatic heterocycles. The maximum atomic E-state index is 2.72. The van der Waals surface area contributed by atoms with Gasteiger partial charge in [0, 0.05) is 0 Å². The van der Waals surface area contributed by atoms with Crippen LogP contribution in [0.4, 0.5) is 17.1 Å². The summed E-state index contributed by atoms with van der Waals surface area (Å²) in [7, 11) is 0. The molecule has 0 fully saturated rings. The second kappa shape index (κ2) is 11.6. The molecule has 0 spiro atoms. The van der Waals surface area contributed by atoms with E-state index in [-0.39, 0.29) is 0 Å². The van der Waals surface area contributed by atoms with Crippen LogP contribution in [-0.4, -0.2) is 20.6 Å². The molecule has 8 rings (SSSR count). The molecule has 1 heterocycles. The van der Waals surface area contributed by atoms with Gasteiger partial charge in [-0.3, -0.25) is 0 Å². The van der Waals surface area contributed by atoms with E-state index in [9.17, 15) is 0 Å². The van der Waals surface area contributed by atoms with Crippen molar-refractivity contribution in [1.82, 2.24) is 4.57 Å². The van der Waals surface area contributed by atoms with E-state index < -0.39 is 0 Å². The van der Waals surface area contributed by atoms with E-state index in [1.165, 1.54) is 48.5 Å². The second-order valence-corrected chi connectivity index (χ2v) is 12.2. The van der Waals surface area contributed by atoms with Gasteiger partial charge in [-0.2, -0.15) is 0 Å². The Morgan fingerprint density at radius 1 is 0.422 bits per heavy atom. The number of nitrogens with zero attached hydrogens (tertiary/aromatic N) is 2. The molecular formula is C42H30N2Se. The van der Waals surface area contributed by atoms with Gasteiger partial charge < -0.3 is 0 Å². The van der Waals surface area contributed by atoms with Crippen molar-refractivity contribution in [2.45, 2.75) is 0 Å². The van der Waals surface area contributed by atoms with Crippen LogP contribution in [-0.2, 0) is 0 Å². The first kappa shape index (κ1) is 27.2. The fourth-order valence-corrected chi connectivity index (χ4v) is 7.05. The van der Waals surface area contributed by atoms with E-state index >= 15 is 0 Å². The summed E-state index contributed by atoms with van der Waals surface area (Å²) >= 11 is 2.72. The van der Waals surface area contributed by atoms with Crippen molar-refractivity contribution < 1.29 is 0 Å². The van der Waals surface area contributed by atoms with Crippen molar-refractivity contribution >= 4 is 59.3 Å². The molecule has 45 heavy (non-hydrogen) atoms. The van der Waals surface area contributed by atoms with Crippen LogP contribution in [0.3, 0.4) is 0 Å². The Kier molecular flexibility index (Phi) is 7.04. The summed E-state index contributed by atoms with van der Waals surface area (Å²) in [5, 5.41) is 2.46. The van der Waals surface area contributed by atoms with Gasteiger partial charge in [0.15, 0.2) is 0 Å². The molecule has 0 saturated carbocycles. The molecule has 214 valence electrons. The second-order valence-electron chi connectivity index (χ2n) is 11.2. The minimum atomic E-state index is 1.11. The molecule has 0 bridgehead atoms. The van der Waals surface area contributed by atoms with Crippen LogP contribution in [0.2, 0.25) is 0 Å². The van der Waals surface area contributed by atoms with Gasteiger partial charge in [0.2, 0.25) is 0 Å². The van der Waals surface area contributed by atoms with Gasteiger partial charge in [-0.1, -0.05) is 24.3 Å². The van der Waals surface area contributed by atoms with Crippen molar-refractivity contribution in [3.8, 4) is 27.9 Å². The zero-order valence-electron chi connectivity index (χ0n) is 24.6. The van der Waals surface area contributed by atoms with Gasteiger partial charge in [0.1, 0.15) is 0 Å². The number of anilines is 3. The van der Waals surface area contributed by atoms with Gasteiger partial charge in [0.25, 0.3) is 0 Å². The maximum absolute atomic E-state index is 2.72. The first-order chi connectivity index (χ1) is 22.3. The van der Waals surface area contributed by atoms with Crippen LogP contribution in [0, 0.1) is 0 Å². The average molecular weight is 642 g/mol. The van der Waals surface area contributed by atoms with Crippen molar-refractivity contribution in [2.75, 3.05) is 4.90 Å². The number of hydrogen-bond acceptors (Lipinski definition) is 1. The van der Waals surface area contributed by atoms with Gasteiger partial charge in [0.05, 0.1) is 0 Å². The third kappa shape index (κ3) is 4.93. The molecule has 0 amide bonds. The molecule has 0 aliphatic rings. The van der Waals surface area contributed by atoms with Gasteiger partial charge in [-0.15, -0.1) is 0 Å². The minimum absolute atomic E-state index is 1.11. The van der Waals surface area contributed by atoms with Crippen molar-refractivity contribution in [2.24, 2.45) is 0 Å². The number of para-hydroxylation sites is 3. The molecule has 0 N–H and O–H groups in total. The third-order valence-electron chi connectivity index (χ3n) is 8.48. The predicted molar refractivity (Wildman–Crippen MR) is 193 cm³/mol. The number of rotatable bonds is 6. The summed E-state index contributed by atoms with van der Waals surface area (Å²) in [6, 6.07) is 63.1. The Bertz CT molecular complexity index is 2290. The molecule has 1 aromatic heterocycles. The normalized spacial score (nSPS) is 11.2. The van der Waals surface area contributed by atoms with E-state index in [4.69, 9.17) is 0 Å². The van der Waals surface area contributed by atoms with Crippen molar-refractivity contribution in [3.05, 3.63) is 176 Å². The van der Waals surface area contributed by atoms with E-state index in [0.717, 1.165) is 22.7 Å². The predicted octanol–water partition coefficient (Wildman–Crippen LogP) is 10.1.